The number of rotatable bonds is 4. The van der Waals surface area contributed by atoms with Gasteiger partial charge in [0.05, 0.1) is 5.92 Å². The number of hydrogen-bond acceptors (Lipinski definition) is 3. The molecule has 0 saturated carbocycles. The number of nitrogens with zero attached hydrogens (tertiary/aromatic N) is 2. The Morgan fingerprint density at radius 3 is 2.60 bits per heavy atom. The van der Waals surface area contributed by atoms with Crippen LogP contribution in [0.15, 0.2) is 0 Å². The maximum absolute atomic E-state index is 12.6. The molecule has 2 aliphatic heterocycles. The summed E-state index contributed by atoms with van der Waals surface area (Å²) in [6.45, 7) is 9.45. The van der Waals surface area contributed by atoms with Gasteiger partial charge in [0.2, 0.25) is 5.91 Å². The second-order valence-electron chi connectivity index (χ2n) is 6.96. The van der Waals surface area contributed by atoms with Gasteiger partial charge in [0, 0.05) is 38.8 Å². The van der Waals surface area contributed by atoms with Crippen molar-refractivity contribution in [2.75, 3.05) is 39.8 Å². The van der Waals surface area contributed by atoms with Gasteiger partial charge in [0.1, 0.15) is 0 Å². The van der Waals surface area contributed by atoms with Crippen LogP contribution < -0.4 is 5.32 Å². The summed E-state index contributed by atoms with van der Waals surface area (Å²) in [5.41, 5.74) is 0. The van der Waals surface area contributed by atoms with Crippen LogP contribution >= 0.6 is 0 Å². The molecule has 0 radical (unpaired) electrons. The molecular formula is C16H31N3O. The van der Waals surface area contributed by atoms with E-state index in [1.807, 2.05) is 0 Å². The minimum absolute atomic E-state index is 0.182. The first-order valence-corrected chi connectivity index (χ1v) is 8.27. The minimum atomic E-state index is 0.182. The highest BCUT2D eigenvalue weighted by atomic mass is 16.2. The summed E-state index contributed by atoms with van der Waals surface area (Å²) < 4.78 is 0. The van der Waals surface area contributed by atoms with E-state index in [9.17, 15) is 4.79 Å². The van der Waals surface area contributed by atoms with Gasteiger partial charge in [-0.25, -0.2) is 0 Å². The van der Waals surface area contributed by atoms with E-state index in [1.165, 1.54) is 19.3 Å². The Labute approximate surface area is 123 Å². The van der Waals surface area contributed by atoms with E-state index in [0.29, 0.717) is 17.9 Å². The molecule has 0 aromatic rings. The zero-order chi connectivity index (χ0) is 14.5. The van der Waals surface area contributed by atoms with Gasteiger partial charge < -0.3 is 15.1 Å². The topological polar surface area (TPSA) is 35.6 Å². The second kappa shape index (κ2) is 7.41. The average molecular weight is 281 g/mol. The highest BCUT2D eigenvalue weighted by molar-refractivity contribution is 5.79. The lowest BCUT2D eigenvalue weighted by molar-refractivity contribution is -0.137. The third-order valence-electron chi connectivity index (χ3n) is 4.62. The van der Waals surface area contributed by atoms with Crippen molar-refractivity contribution in [1.29, 1.82) is 0 Å². The first kappa shape index (κ1) is 15.8. The molecule has 1 N–H and O–H groups in total. The Morgan fingerprint density at radius 2 is 1.95 bits per heavy atom. The molecule has 0 aromatic heterocycles. The standard InChI is InChI=1S/C16H31N3O/c1-13(2)12-18(3)15-9-14(10-17-11-15)16(20)19-7-5-4-6-8-19/h13-15,17H,4-12H2,1-3H3. The molecule has 20 heavy (non-hydrogen) atoms. The van der Waals surface area contributed by atoms with Crippen molar-refractivity contribution in [2.45, 2.75) is 45.6 Å². The van der Waals surface area contributed by atoms with E-state index in [2.05, 4.69) is 36.0 Å². The summed E-state index contributed by atoms with van der Waals surface area (Å²) in [6, 6.07) is 0.505. The summed E-state index contributed by atoms with van der Waals surface area (Å²) >= 11 is 0. The molecule has 2 fully saturated rings. The van der Waals surface area contributed by atoms with E-state index in [-0.39, 0.29) is 5.92 Å². The van der Waals surface area contributed by atoms with Crippen molar-refractivity contribution >= 4 is 5.91 Å². The molecule has 0 spiro atoms. The molecule has 2 saturated heterocycles. The highest BCUT2D eigenvalue weighted by Crippen LogP contribution is 2.20. The van der Waals surface area contributed by atoms with Crippen LogP contribution in [0.3, 0.4) is 0 Å². The molecule has 0 aromatic carbocycles. The van der Waals surface area contributed by atoms with Gasteiger partial charge in [0.15, 0.2) is 0 Å². The number of likely N-dealkylation sites (N-methyl/N-ethyl adjacent to an activating group) is 1. The third kappa shape index (κ3) is 4.19. The van der Waals surface area contributed by atoms with Gasteiger partial charge in [-0.3, -0.25) is 4.79 Å². The number of likely N-dealkylation sites (tertiary alicyclic amines) is 1. The van der Waals surface area contributed by atoms with E-state index in [0.717, 1.165) is 39.1 Å². The van der Waals surface area contributed by atoms with Crippen LogP contribution in [-0.2, 0) is 4.79 Å². The summed E-state index contributed by atoms with van der Waals surface area (Å²) in [5.74, 6) is 1.25. The number of piperidine rings is 2. The summed E-state index contributed by atoms with van der Waals surface area (Å²) in [7, 11) is 2.19. The molecule has 2 rings (SSSR count). The minimum Gasteiger partial charge on any atom is -0.342 e. The third-order valence-corrected chi connectivity index (χ3v) is 4.62. The summed E-state index contributed by atoms with van der Waals surface area (Å²) in [5, 5.41) is 3.47. The van der Waals surface area contributed by atoms with Gasteiger partial charge in [-0.1, -0.05) is 13.8 Å². The number of nitrogens with one attached hydrogen (secondary N) is 1. The van der Waals surface area contributed by atoms with Gasteiger partial charge >= 0.3 is 0 Å². The monoisotopic (exact) mass is 281 g/mol. The fourth-order valence-corrected chi connectivity index (χ4v) is 3.54. The number of carbonyl (C=O) groups is 1. The maximum atomic E-state index is 12.6. The first-order chi connectivity index (χ1) is 9.58. The van der Waals surface area contributed by atoms with E-state index >= 15 is 0 Å². The molecule has 0 aliphatic carbocycles. The summed E-state index contributed by atoms with van der Waals surface area (Å²) in [4.78, 5) is 17.1. The number of hydrogen-bond donors (Lipinski definition) is 1. The van der Waals surface area contributed by atoms with Crippen LogP contribution in [0, 0.1) is 11.8 Å². The van der Waals surface area contributed by atoms with Crippen molar-refractivity contribution in [1.82, 2.24) is 15.1 Å². The van der Waals surface area contributed by atoms with Gasteiger partial charge in [-0.05, 0) is 38.6 Å². The van der Waals surface area contributed by atoms with E-state index in [1.54, 1.807) is 0 Å². The van der Waals surface area contributed by atoms with Crippen LogP contribution in [0.25, 0.3) is 0 Å². The molecule has 2 unspecified atom stereocenters. The predicted octanol–water partition coefficient (Wildman–Crippen LogP) is 1.56. The molecule has 116 valence electrons. The lowest BCUT2D eigenvalue weighted by Crippen LogP contribution is -2.53. The Balaban J connectivity index is 1.87. The van der Waals surface area contributed by atoms with Gasteiger partial charge in [-0.2, -0.15) is 0 Å². The number of carbonyl (C=O) groups excluding carboxylic acids is 1. The normalized spacial score (nSPS) is 28.1. The zero-order valence-corrected chi connectivity index (χ0v) is 13.4. The Hall–Kier alpha value is -0.610. The lowest BCUT2D eigenvalue weighted by Gasteiger charge is -2.38. The van der Waals surface area contributed by atoms with E-state index < -0.39 is 0 Å². The molecule has 4 nitrogen and oxygen atoms in total. The maximum Gasteiger partial charge on any atom is 0.227 e. The highest BCUT2D eigenvalue weighted by Gasteiger charge is 2.32. The van der Waals surface area contributed by atoms with E-state index in [4.69, 9.17) is 0 Å². The molecule has 2 aliphatic rings. The molecule has 2 atom stereocenters. The first-order valence-electron chi connectivity index (χ1n) is 8.27. The van der Waals surface area contributed by atoms with Crippen molar-refractivity contribution in [2.24, 2.45) is 11.8 Å². The molecular weight excluding hydrogens is 250 g/mol. The quantitative estimate of drug-likeness (QED) is 0.849. The van der Waals surface area contributed by atoms with Crippen LogP contribution in [0.1, 0.15) is 39.5 Å². The van der Waals surface area contributed by atoms with Crippen LogP contribution in [0.4, 0.5) is 0 Å². The van der Waals surface area contributed by atoms with Crippen molar-refractivity contribution in [3.05, 3.63) is 0 Å². The average Bonchev–Trinajstić information content (AvgIpc) is 2.47. The fraction of sp³-hybridized carbons (Fsp3) is 0.938. The Bertz CT molecular complexity index is 313. The SMILES string of the molecule is CC(C)CN(C)C1CNCC(C(=O)N2CCCCC2)C1. The van der Waals surface area contributed by atoms with Crippen molar-refractivity contribution in [3.8, 4) is 0 Å². The predicted molar refractivity (Wildman–Crippen MR) is 82.7 cm³/mol. The summed E-state index contributed by atoms with van der Waals surface area (Å²) in [6.07, 6.45) is 4.67. The van der Waals surface area contributed by atoms with Crippen LogP contribution in [-0.4, -0.2) is 61.5 Å². The molecule has 0 bridgehead atoms. The molecule has 4 heteroatoms. The molecule has 2 heterocycles. The van der Waals surface area contributed by atoms with Crippen LogP contribution in [0.2, 0.25) is 0 Å². The molecule has 1 amide bonds. The fourth-order valence-electron chi connectivity index (χ4n) is 3.54. The largest absolute Gasteiger partial charge is 0.342 e. The smallest absolute Gasteiger partial charge is 0.227 e. The lowest BCUT2D eigenvalue weighted by atomic mass is 9.92. The zero-order valence-electron chi connectivity index (χ0n) is 13.4. The number of amides is 1. The van der Waals surface area contributed by atoms with Crippen molar-refractivity contribution < 1.29 is 4.79 Å². The van der Waals surface area contributed by atoms with Crippen molar-refractivity contribution in [3.63, 3.8) is 0 Å². The Kier molecular flexibility index (Phi) is 5.85. The van der Waals surface area contributed by atoms with Crippen LogP contribution in [0.5, 0.6) is 0 Å². The second-order valence-corrected chi connectivity index (χ2v) is 6.96. The van der Waals surface area contributed by atoms with Gasteiger partial charge in [0.25, 0.3) is 0 Å². The van der Waals surface area contributed by atoms with Gasteiger partial charge in [-0.15, -0.1) is 0 Å². The Morgan fingerprint density at radius 1 is 1.25 bits per heavy atom.